The van der Waals surface area contributed by atoms with Crippen LogP contribution in [0, 0.1) is 0 Å². The lowest BCUT2D eigenvalue weighted by Crippen LogP contribution is -2.17. The summed E-state index contributed by atoms with van der Waals surface area (Å²) in [4.78, 5) is 4.13. The summed E-state index contributed by atoms with van der Waals surface area (Å²) in [5.74, 6) is 0.769. The van der Waals surface area contributed by atoms with Gasteiger partial charge in [0.1, 0.15) is 5.03 Å². The number of rotatable bonds is 7. The molecule has 0 spiro atoms. The highest BCUT2D eigenvalue weighted by Crippen LogP contribution is 2.17. The smallest absolute Gasteiger partial charge is 0.232 e. The number of sulfonamides is 1. The van der Waals surface area contributed by atoms with E-state index in [2.05, 4.69) is 14.8 Å². The molecule has 2 heterocycles. The largest absolute Gasteiger partial charge is 0.284 e. The molecule has 0 atom stereocenters. The minimum Gasteiger partial charge on any atom is -0.284 e. The molecule has 0 fully saturated rings. The van der Waals surface area contributed by atoms with E-state index in [4.69, 9.17) is 0 Å². The number of thioether (sulfide) groups is 1. The number of anilines is 1. The van der Waals surface area contributed by atoms with Gasteiger partial charge in [0.25, 0.3) is 0 Å². The predicted molar refractivity (Wildman–Crippen MR) is 92.2 cm³/mol. The van der Waals surface area contributed by atoms with Crippen LogP contribution in [0.3, 0.4) is 0 Å². The first-order chi connectivity index (χ1) is 11.1. The minimum atomic E-state index is -3.31. The fourth-order valence-electron chi connectivity index (χ4n) is 2.04. The molecule has 0 aliphatic rings. The molecule has 23 heavy (non-hydrogen) atoms. The molecule has 0 saturated heterocycles. The van der Waals surface area contributed by atoms with Gasteiger partial charge in [0, 0.05) is 23.8 Å². The number of nitrogens with zero attached hydrogens (tertiary/aromatic N) is 3. The molecular formula is C15H16N4O2S2. The van der Waals surface area contributed by atoms with Gasteiger partial charge in [-0.15, -0.1) is 11.8 Å². The summed E-state index contributed by atoms with van der Waals surface area (Å²) in [5.41, 5.74) is 1.39. The number of nitrogens with one attached hydrogen (secondary N) is 1. The van der Waals surface area contributed by atoms with Gasteiger partial charge < -0.3 is 0 Å². The van der Waals surface area contributed by atoms with Crippen LogP contribution < -0.4 is 4.72 Å². The van der Waals surface area contributed by atoms with Gasteiger partial charge in [-0.25, -0.2) is 17.9 Å². The molecule has 0 aliphatic heterocycles. The molecule has 2 aromatic heterocycles. The molecule has 0 bridgehead atoms. The van der Waals surface area contributed by atoms with Gasteiger partial charge in [-0.3, -0.25) is 4.72 Å². The summed E-state index contributed by atoms with van der Waals surface area (Å²) < 4.78 is 28.3. The Morgan fingerprint density at radius 3 is 2.78 bits per heavy atom. The number of hydrogen-bond acceptors (Lipinski definition) is 5. The number of imidazole rings is 1. The van der Waals surface area contributed by atoms with E-state index >= 15 is 0 Å². The van der Waals surface area contributed by atoms with Gasteiger partial charge in [-0.05, 0) is 30.7 Å². The van der Waals surface area contributed by atoms with Crippen LogP contribution in [0.15, 0.2) is 59.9 Å². The summed E-state index contributed by atoms with van der Waals surface area (Å²) in [6, 6.07) is 12.7. The second-order valence-electron chi connectivity index (χ2n) is 4.89. The van der Waals surface area contributed by atoms with Crippen molar-refractivity contribution < 1.29 is 8.42 Å². The topological polar surface area (TPSA) is 76.4 Å². The lowest BCUT2D eigenvalue weighted by Gasteiger charge is -2.07. The Morgan fingerprint density at radius 1 is 1.13 bits per heavy atom. The van der Waals surface area contributed by atoms with Crippen LogP contribution in [0.4, 0.5) is 5.69 Å². The Bertz CT molecular complexity index is 879. The highest BCUT2D eigenvalue weighted by atomic mass is 32.2. The molecule has 0 aliphatic carbocycles. The van der Waals surface area contributed by atoms with E-state index in [0.29, 0.717) is 17.9 Å². The second-order valence-corrected chi connectivity index (χ2v) is 7.85. The SMILES string of the molecule is O=S(=O)(CCCSc1ccc2nccn2n1)Nc1ccccc1. The lowest BCUT2D eigenvalue weighted by atomic mass is 10.3. The molecule has 8 heteroatoms. The zero-order chi connectivity index (χ0) is 16.1. The molecule has 0 radical (unpaired) electrons. The van der Waals surface area contributed by atoms with Crippen molar-refractivity contribution >= 4 is 33.1 Å². The molecule has 6 nitrogen and oxygen atoms in total. The standard InChI is InChI=1S/C15H16N4O2S2/c20-23(21,18-13-5-2-1-3-6-13)12-4-11-22-15-8-7-14-16-9-10-19(14)17-15/h1-3,5-10,18H,4,11-12H2. The Kier molecular flexibility index (Phi) is 4.82. The average Bonchev–Trinajstić information content (AvgIpc) is 3.00. The van der Waals surface area contributed by atoms with Crippen LogP contribution in [0.25, 0.3) is 5.65 Å². The van der Waals surface area contributed by atoms with Gasteiger partial charge in [0.15, 0.2) is 5.65 Å². The fourth-order valence-corrected chi connectivity index (χ4v) is 4.15. The van der Waals surface area contributed by atoms with Crippen molar-refractivity contribution in [2.75, 3.05) is 16.2 Å². The number of aromatic nitrogens is 3. The maximum Gasteiger partial charge on any atom is 0.232 e. The minimum absolute atomic E-state index is 0.0855. The molecule has 0 amide bonds. The van der Waals surface area contributed by atoms with Crippen LogP contribution in [0.2, 0.25) is 0 Å². The van der Waals surface area contributed by atoms with Crippen molar-refractivity contribution in [2.45, 2.75) is 11.4 Å². The summed E-state index contributed by atoms with van der Waals surface area (Å²) in [6.07, 6.45) is 4.03. The van der Waals surface area contributed by atoms with Gasteiger partial charge in [0.05, 0.1) is 5.75 Å². The molecule has 3 rings (SSSR count). The summed E-state index contributed by atoms with van der Waals surface area (Å²) >= 11 is 1.53. The van der Waals surface area contributed by atoms with Crippen molar-refractivity contribution in [3.63, 3.8) is 0 Å². The highest BCUT2D eigenvalue weighted by Gasteiger charge is 2.10. The van der Waals surface area contributed by atoms with E-state index in [9.17, 15) is 8.42 Å². The van der Waals surface area contributed by atoms with E-state index < -0.39 is 10.0 Å². The molecule has 1 aromatic carbocycles. The number of para-hydroxylation sites is 1. The Labute approximate surface area is 139 Å². The Balaban J connectivity index is 1.48. The van der Waals surface area contributed by atoms with E-state index in [1.165, 1.54) is 11.8 Å². The Hall–Kier alpha value is -2.06. The van der Waals surface area contributed by atoms with Crippen LogP contribution in [0.1, 0.15) is 6.42 Å². The van der Waals surface area contributed by atoms with Crippen molar-refractivity contribution in [1.82, 2.24) is 14.6 Å². The first kappa shape index (κ1) is 15.8. The number of hydrogen-bond donors (Lipinski definition) is 1. The van der Waals surface area contributed by atoms with Crippen molar-refractivity contribution in [3.8, 4) is 0 Å². The molecule has 120 valence electrons. The monoisotopic (exact) mass is 348 g/mol. The summed E-state index contributed by atoms with van der Waals surface area (Å²) in [6.45, 7) is 0. The average molecular weight is 348 g/mol. The molecule has 0 unspecified atom stereocenters. The van der Waals surface area contributed by atoms with Crippen molar-refractivity contribution in [1.29, 1.82) is 0 Å². The van der Waals surface area contributed by atoms with E-state index in [1.54, 1.807) is 41.2 Å². The van der Waals surface area contributed by atoms with Crippen molar-refractivity contribution in [3.05, 3.63) is 54.9 Å². The molecule has 0 saturated carbocycles. The highest BCUT2D eigenvalue weighted by molar-refractivity contribution is 7.99. The van der Waals surface area contributed by atoms with E-state index in [0.717, 1.165) is 10.7 Å². The lowest BCUT2D eigenvalue weighted by molar-refractivity contribution is 0.600. The third-order valence-corrected chi connectivity index (χ3v) is 5.46. The van der Waals surface area contributed by atoms with Gasteiger partial charge in [-0.1, -0.05) is 18.2 Å². The third-order valence-electron chi connectivity index (χ3n) is 3.09. The summed E-state index contributed by atoms with van der Waals surface area (Å²) in [7, 11) is -3.31. The normalized spacial score (nSPS) is 11.7. The van der Waals surface area contributed by atoms with Crippen LogP contribution in [0.5, 0.6) is 0 Å². The second kappa shape index (κ2) is 7.01. The van der Waals surface area contributed by atoms with Gasteiger partial charge in [-0.2, -0.15) is 5.10 Å². The predicted octanol–water partition coefficient (Wildman–Crippen LogP) is 2.65. The van der Waals surface area contributed by atoms with Gasteiger partial charge in [0.2, 0.25) is 10.0 Å². The fraction of sp³-hybridized carbons (Fsp3) is 0.200. The first-order valence-corrected chi connectivity index (χ1v) is 9.75. The molecule has 3 aromatic rings. The molecule has 1 N–H and O–H groups in total. The van der Waals surface area contributed by atoms with Crippen LogP contribution in [-0.4, -0.2) is 34.5 Å². The zero-order valence-corrected chi connectivity index (χ0v) is 13.9. The van der Waals surface area contributed by atoms with Crippen molar-refractivity contribution in [2.24, 2.45) is 0 Å². The summed E-state index contributed by atoms with van der Waals surface area (Å²) in [5, 5.41) is 5.24. The van der Waals surface area contributed by atoms with E-state index in [1.807, 2.05) is 18.2 Å². The third kappa shape index (κ3) is 4.46. The van der Waals surface area contributed by atoms with Crippen LogP contribution in [-0.2, 0) is 10.0 Å². The van der Waals surface area contributed by atoms with Crippen LogP contribution >= 0.6 is 11.8 Å². The maximum absolute atomic E-state index is 12.0. The zero-order valence-electron chi connectivity index (χ0n) is 12.3. The number of benzene rings is 1. The van der Waals surface area contributed by atoms with E-state index in [-0.39, 0.29) is 5.75 Å². The molecular weight excluding hydrogens is 332 g/mol. The maximum atomic E-state index is 12.0. The quantitative estimate of drug-likeness (QED) is 0.525. The first-order valence-electron chi connectivity index (χ1n) is 7.11. The van der Waals surface area contributed by atoms with Gasteiger partial charge >= 0.3 is 0 Å². The number of fused-ring (bicyclic) bond motifs is 1. The Morgan fingerprint density at radius 2 is 1.96 bits per heavy atom.